The molecule has 0 radical (unpaired) electrons. The van der Waals surface area contributed by atoms with Crippen molar-refractivity contribution in [1.82, 2.24) is 5.32 Å². The van der Waals surface area contributed by atoms with E-state index in [2.05, 4.69) is 5.32 Å². The summed E-state index contributed by atoms with van der Waals surface area (Å²) in [6.07, 6.45) is 1.48. The molecule has 0 aliphatic rings. The molecule has 122 valence electrons. The molecule has 5 heteroatoms. The number of rotatable bonds is 5. The van der Waals surface area contributed by atoms with Gasteiger partial charge in [0.1, 0.15) is 0 Å². The summed E-state index contributed by atoms with van der Waals surface area (Å²) < 4.78 is 5.13. The highest BCUT2D eigenvalue weighted by molar-refractivity contribution is 7.14. The molecule has 2 heterocycles. The zero-order valence-electron chi connectivity index (χ0n) is 13.5. The monoisotopic (exact) mass is 339 g/mol. The molecule has 3 rings (SSSR count). The lowest BCUT2D eigenvalue weighted by Crippen LogP contribution is -2.23. The van der Waals surface area contributed by atoms with E-state index in [1.807, 2.05) is 38.1 Å². The molecular formula is C19H17NO3S. The quantitative estimate of drug-likeness (QED) is 0.711. The molecule has 0 unspecified atom stereocenters. The Bertz CT molecular complexity index is 878. The van der Waals surface area contributed by atoms with Crippen molar-refractivity contribution in [2.24, 2.45) is 0 Å². The number of hydrogen-bond donors (Lipinski definition) is 1. The lowest BCUT2D eigenvalue weighted by atomic mass is 10.1. The Balaban J connectivity index is 1.66. The number of carbonyl (C=O) groups excluding carboxylic acids is 2. The fourth-order valence-corrected chi connectivity index (χ4v) is 3.26. The van der Waals surface area contributed by atoms with Crippen LogP contribution in [0.3, 0.4) is 0 Å². The van der Waals surface area contributed by atoms with E-state index >= 15 is 0 Å². The average Bonchev–Trinajstić information content (AvgIpc) is 3.26. The molecule has 24 heavy (non-hydrogen) atoms. The first-order chi connectivity index (χ1) is 11.5. The summed E-state index contributed by atoms with van der Waals surface area (Å²) in [5.41, 5.74) is 2.67. The van der Waals surface area contributed by atoms with Gasteiger partial charge in [0.05, 0.1) is 17.7 Å². The van der Waals surface area contributed by atoms with Crippen LogP contribution in [0, 0.1) is 13.8 Å². The number of furan rings is 1. The normalized spacial score (nSPS) is 10.6. The Morgan fingerprint density at radius 2 is 1.96 bits per heavy atom. The standard InChI is InChI=1S/C19H17NO3S/c1-12-5-6-13(2)15(10-12)19(22)20-11-14-7-8-17(24-14)18(21)16-4-3-9-23-16/h3-10H,11H2,1-2H3,(H,20,22). The van der Waals surface area contributed by atoms with E-state index in [0.717, 1.165) is 16.0 Å². The number of thiophene rings is 1. The van der Waals surface area contributed by atoms with Gasteiger partial charge >= 0.3 is 0 Å². The van der Waals surface area contributed by atoms with Crippen molar-refractivity contribution < 1.29 is 14.0 Å². The summed E-state index contributed by atoms with van der Waals surface area (Å²) >= 11 is 1.36. The van der Waals surface area contributed by atoms with E-state index < -0.39 is 0 Å². The number of aryl methyl sites for hydroxylation is 2. The molecule has 1 amide bonds. The second kappa shape index (κ2) is 6.84. The van der Waals surface area contributed by atoms with Crippen LogP contribution in [0.15, 0.2) is 53.1 Å². The molecule has 3 aromatic rings. The molecule has 0 spiro atoms. The Kier molecular flexibility index (Phi) is 4.62. The maximum absolute atomic E-state index is 12.3. The molecule has 0 fully saturated rings. The maximum atomic E-state index is 12.3. The van der Waals surface area contributed by atoms with E-state index in [0.29, 0.717) is 22.7 Å². The topological polar surface area (TPSA) is 59.3 Å². The van der Waals surface area contributed by atoms with Gasteiger partial charge in [0, 0.05) is 10.4 Å². The summed E-state index contributed by atoms with van der Waals surface area (Å²) in [6.45, 7) is 4.27. The zero-order chi connectivity index (χ0) is 17.1. The van der Waals surface area contributed by atoms with Gasteiger partial charge in [-0.1, -0.05) is 17.7 Å². The van der Waals surface area contributed by atoms with E-state index in [9.17, 15) is 9.59 Å². The number of benzene rings is 1. The molecule has 2 aromatic heterocycles. The lowest BCUT2D eigenvalue weighted by Gasteiger charge is -2.07. The number of nitrogens with one attached hydrogen (secondary N) is 1. The van der Waals surface area contributed by atoms with Gasteiger partial charge in [-0.3, -0.25) is 9.59 Å². The van der Waals surface area contributed by atoms with Crippen LogP contribution in [0.2, 0.25) is 0 Å². The number of carbonyl (C=O) groups is 2. The first kappa shape index (κ1) is 16.2. The Hall–Kier alpha value is -2.66. The molecule has 0 aliphatic heterocycles. The predicted molar refractivity (Wildman–Crippen MR) is 93.5 cm³/mol. The molecule has 4 nitrogen and oxygen atoms in total. The summed E-state index contributed by atoms with van der Waals surface area (Å²) in [5.74, 6) is 0.0726. The van der Waals surface area contributed by atoms with Crippen LogP contribution in [0.5, 0.6) is 0 Å². The van der Waals surface area contributed by atoms with Crippen LogP contribution < -0.4 is 5.32 Å². The number of ketones is 1. The van der Waals surface area contributed by atoms with Crippen molar-refractivity contribution in [3.8, 4) is 0 Å². The number of amides is 1. The SMILES string of the molecule is Cc1ccc(C)c(C(=O)NCc2ccc(C(=O)c3ccco3)s2)c1. The van der Waals surface area contributed by atoms with Crippen molar-refractivity contribution in [3.63, 3.8) is 0 Å². The summed E-state index contributed by atoms with van der Waals surface area (Å²) in [6, 6.07) is 12.7. The molecule has 1 aromatic carbocycles. The van der Waals surface area contributed by atoms with Gasteiger partial charge in [-0.05, 0) is 49.7 Å². The van der Waals surface area contributed by atoms with Gasteiger partial charge in [0.2, 0.25) is 5.78 Å². The Labute approximate surface area is 144 Å². The summed E-state index contributed by atoms with van der Waals surface area (Å²) in [5, 5.41) is 2.91. The molecule has 0 saturated heterocycles. The number of hydrogen-bond acceptors (Lipinski definition) is 4. The van der Waals surface area contributed by atoms with Crippen LogP contribution in [-0.4, -0.2) is 11.7 Å². The van der Waals surface area contributed by atoms with Gasteiger partial charge in [-0.2, -0.15) is 0 Å². The van der Waals surface area contributed by atoms with E-state index in [1.54, 1.807) is 18.2 Å². The third-order valence-corrected chi connectivity index (χ3v) is 4.78. The van der Waals surface area contributed by atoms with Crippen LogP contribution in [-0.2, 0) is 6.54 Å². The van der Waals surface area contributed by atoms with Gasteiger partial charge < -0.3 is 9.73 Å². The van der Waals surface area contributed by atoms with Gasteiger partial charge in [0.15, 0.2) is 5.76 Å². The first-order valence-electron chi connectivity index (χ1n) is 7.57. The molecular weight excluding hydrogens is 322 g/mol. The van der Waals surface area contributed by atoms with E-state index in [4.69, 9.17) is 4.42 Å². The molecule has 0 bridgehead atoms. The molecule has 0 atom stereocenters. The second-order valence-electron chi connectivity index (χ2n) is 5.57. The molecule has 1 N–H and O–H groups in total. The minimum Gasteiger partial charge on any atom is -0.461 e. The van der Waals surface area contributed by atoms with E-state index in [1.165, 1.54) is 17.6 Å². The fraction of sp³-hybridized carbons (Fsp3) is 0.158. The third kappa shape index (κ3) is 3.46. The first-order valence-corrected chi connectivity index (χ1v) is 8.38. The van der Waals surface area contributed by atoms with Crippen LogP contribution in [0.1, 0.15) is 41.8 Å². The third-order valence-electron chi connectivity index (χ3n) is 3.69. The smallest absolute Gasteiger partial charge is 0.251 e. The Morgan fingerprint density at radius 1 is 1.12 bits per heavy atom. The fourth-order valence-electron chi connectivity index (χ4n) is 2.37. The highest BCUT2D eigenvalue weighted by Crippen LogP contribution is 2.20. The molecule has 0 saturated carbocycles. The average molecular weight is 339 g/mol. The van der Waals surface area contributed by atoms with Gasteiger partial charge in [-0.25, -0.2) is 0 Å². The lowest BCUT2D eigenvalue weighted by molar-refractivity contribution is 0.0950. The van der Waals surface area contributed by atoms with Gasteiger partial charge in [0.25, 0.3) is 5.91 Å². The van der Waals surface area contributed by atoms with Crippen molar-refractivity contribution in [3.05, 3.63) is 80.9 Å². The summed E-state index contributed by atoms with van der Waals surface area (Å²) in [7, 11) is 0. The van der Waals surface area contributed by atoms with Crippen LogP contribution in [0.4, 0.5) is 0 Å². The molecule has 0 aliphatic carbocycles. The minimum atomic E-state index is -0.142. The van der Waals surface area contributed by atoms with Crippen LogP contribution >= 0.6 is 11.3 Å². The summed E-state index contributed by atoms with van der Waals surface area (Å²) in [4.78, 5) is 26.0. The van der Waals surface area contributed by atoms with Crippen molar-refractivity contribution in [1.29, 1.82) is 0 Å². The van der Waals surface area contributed by atoms with Crippen molar-refractivity contribution in [2.75, 3.05) is 0 Å². The largest absolute Gasteiger partial charge is 0.461 e. The van der Waals surface area contributed by atoms with Crippen molar-refractivity contribution in [2.45, 2.75) is 20.4 Å². The van der Waals surface area contributed by atoms with E-state index in [-0.39, 0.29) is 11.7 Å². The highest BCUT2D eigenvalue weighted by Gasteiger charge is 2.15. The minimum absolute atomic E-state index is 0.108. The zero-order valence-corrected chi connectivity index (χ0v) is 14.3. The Morgan fingerprint density at radius 3 is 2.71 bits per heavy atom. The van der Waals surface area contributed by atoms with Crippen molar-refractivity contribution >= 4 is 23.0 Å². The maximum Gasteiger partial charge on any atom is 0.251 e. The second-order valence-corrected chi connectivity index (χ2v) is 6.74. The predicted octanol–water partition coefficient (Wildman–Crippen LogP) is 4.12. The van der Waals surface area contributed by atoms with Crippen LogP contribution in [0.25, 0.3) is 0 Å². The van der Waals surface area contributed by atoms with Gasteiger partial charge in [-0.15, -0.1) is 11.3 Å². The highest BCUT2D eigenvalue weighted by atomic mass is 32.1.